The molecule has 4 rings (SSSR count). The number of rotatable bonds is 2. The summed E-state index contributed by atoms with van der Waals surface area (Å²) in [6, 6.07) is 12.3. The van der Waals surface area contributed by atoms with Crippen LogP contribution < -0.4 is 11.1 Å². The van der Waals surface area contributed by atoms with Gasteiger partial charge in [0.15, 0.2) is 11.6 Å². The van der Waals surface area contributed by atoms with Gasteiger partial charge in [-0.3, -0.25) is 9.59 Å². The third-order valence-electron chi connectivity index (χ3n) is 5.30. The van der Waals surface area contributed by atoms with Crippen molar-refractivity contribution >= 4 is 41.3 Å². The van der Waals surface area contributed by atoms with E-state index in [4.69, 9.17) is 5.73 Å². The first-order valence-electron chi connectivity index (χ1n) is 8.99. The van der Waals surface area contributed by atoms with Gasteiger partial charge in [-0.05, 0) is 49.6 Å². The van der Waals surface area contributed by atoms with Gasteiger partial charge in [0.1, 0.15) is 0 Å². The first-order chi connectivity index (χ1) is 13.3. The van der Waals surface area contributed by atoms with Gasteiger partial charge in [-0.15, -0.1) is 12.6 Å². The molecule has 3 aromatic rings. The summed E-state index contributed by atoms with van der Waals surface area (Å²) < 4.78 is 0. The van der Waals surface area contributed by atoms with Crippen LogP contribution in [0.2, 0.25) is 0 Å². The predicted octanol–water partition coefficient (Wildman–Crippen LogP) is 5.00. The molecular formula is C23H20N2O2S. The number of ketones is 2. The van der Waals surface area contributed by atoms with E-state index in [-0.39, 0.29) is 17.1 Å². The maximum absolute atomic E-state index is 13.2. The molecule has 0 unspecified atom stereocenters. The quantitative estimate of drug-likeness (QED) is 0.334. The summed E-state index contributed by atoms with van der Waals surface area (Å²) in [5.41, 5.74) is 12.4. The molecule has 140 valence electrons. The van der Waals surface area contributed by atoms with Gasteiger partial charge in [-0.1, -0.05) is 30.3 Å². The first kappa shape index (κ1) is 18.3. The van der Waals surface area contributed by atoms with Crippen LogP contribution in [0.3, 0.4) is 0 Å². The van der Waals surface area contributed by atoms with Crippen LogP contribution in [-0.4, -0.2) is 11.6 Å². The summed E-state index contributed by atoms with van der Waals surface area (Å²) >= 11 is 4.60. The van der Waals surface area contributed by atoms with Gasteiger partial charge in [-0.2, -0.15) is 0 Å². The van der Waals surface area contributed by atoms with Gasteiger partial charge in [0, 0.05) is 27.4 Å². The molecule has 0 saturated heterocycles. The van der Waals surface area contributed by atoms with E-state index in [1.807, 2.05) is 26.8 Å². The van der Waals surface area contributed by atoms with Gasteiger partial charge >= 0.3 is 0 Å². The molecule has 1 aliphatic rings. The van der Waals surface area contributed by atoms with Crippen molar-refractivity contribution in [1.82, 2.24) is 0 Å². The van der Waals surface area contributed by atoms with Crippen molar-refractivity contribution in [1.29, 1.82) is 0 Å². The molecule has 0 amide bonds. The topological polar surface area (TPSA) is 72.2 Å². The van der Waals surface area contributed by atoms with Crippen molar-refractivity contribution in [3.05, 3.63) is 81.4 Å². The summed E-state index contributed by atoms with van der Waals surface area (Å²) in [6.07, 6.45) is 0. The molecule has 0 atom stereocenters. The number of fused-ring (bicyclic) bond motifs is 2. The molecule has 0 aromatic heterocycles. The van der Waals surface area contributed by atoms with Gasteiger partial charge < -0.3 is 11.1 Å². The number of nitrogen functional groups attached to an aromatic ring is 1. The Hall–Kier alpha value is -3.05. The first-order valence-corrected chi connectivity index (χ1v) is 9.43. The highest BCUT2D eigenvalue weighted by Crippen LogP contribution is 2.38. The molecule has 4 nitrogen and oxygen atoms in total. The molecule has 0 saturated carbocycles. The van der Waals surface area contributed by atoms with E-state index in [9.17, 15) is 9.59 Å². The lowest BCUT2D eigenvalue weighted by Gasteiger charge is -2.23. The van der Waals surface area contributed by atoms with Gasteiger partial charge in [-0.25, -0.2) is 0 Å². The average Bonchev–Trinajstić information content (AvgIpc) is 2.68. The monoisotopic (exact) mass is 388 g/mol. The summed E-state index contributed by atoms with van der Waals surface area (Å²) in [4.78, 5) is 27.2. The van der Waals surface area contributed by atoms with E-state index in [1.165, 1.54) is 0 Å². The second-order valence-electron chi connectivity index (χ2n) is 7.14. The molecule has 0 aliphatic heterocycles. The fourth-order valence-corrected chi connectivity index (χ4v) is 4.03. The molecule has 28 heavy (non-hydrogen) atoms. The molecule has 0 spiro atoms. The zero-order chi connectivity index (χ0) is 20.2. The van der Waals surface area contributed by atoms with E-state index >= 15 is 0 Å². The van der Waals surface area contributed by atoms with Crippen molar-refractivity contribution in [2.45, 2.75) is 25.7 Å². The van der Waals surface area contributed by atoms with E-state index in [2.05, 4.69) is 17.9 Å². The van der Waals surface area contributed by atoms with E-state index in [1.54, 1.807) is 36.4 Å². The Balaban J connectivity index is 1.92. The number of anilines is 3. The summed E-state index contributed by atoms with van der Waals surface area (Å²) in [7, 11) is 0. The van der Waals surface area contributed by atoms with Gasteiger partial charge in [0.05, 0.1) is 16.8 Å². The lowest BCUT2D eigenvalue weighted by atomic mass is 9.82. The van der Waals surface area contributed by atoms with Crippen LogP contribution in [0.25, 0.3) is 0 Å². The Kier molecular flexibility index (Phi) is 4.27. The molecule has 0 fully saturated rings. The number of carbonyl (C=O) groups excluding carboxylic acids is 2. The number of carbonyl (C=O) groups is 2. The lowest BCUT2D eigenvalue weighted by molar-refractivity contribution is 0.0980. The average molecular weight is 388 g/mol. The molecule has 3 aromatic carbocycles. The zero-order valence-electron chi connectivity index (χ0n) is 15.9. The van der Waals surface area contributed by atoms with Crippen LogP contribution >= 0.6 is 12.6 Å². The Labute approximate surface area is 169 Å². The minimum atomic E-state index is -0.224. The van der Waals surface area contributed by atoms with E-state index in [0.717, 1.165) is 27.3 Å². The van der Waals surface area contributed by atoms with Crippen LogP contribution in [0, 0.1) is 20.8 Å². The minimum absolute atomic E-state index is 0.200. The maximum atomic E-state index is 13.2. The van der Waals surface area contributed by atoms with Crippen molar-refractivity contribution < 1.29 is 9.59 Å². The molecule has 3 N–H and O–H groups in total. The van der Waals surface area contributed by atoms with Crippen molar-refractivity contribution in [3.8, 4) is 0 Å². The molecular weight excluding hydrogens is 368 g/mol. The molecule has 0 bridgehead atoms. The predicted molar refractivity (Wildman–Crippen MR) is 115 cm³/mol. The van der Waals surface area contributed by atoms with Crippen LogP contribution in [-0.2, 0) is 0 Å². The Morgan fingerprint density at radius 3 is 2.11 bits per heavy atom. The smallest absolute Gasteiger partial charge is 0.196 e. The Morgan fingerprint density at radius 2 is 1.46 bits per heavy atom. The van der Waals surface area contributed by atoms with Crippen LogP contribution in [0.1, 0.15) is 48.5 Å². The highest BCUT2D eigenvalue weighted by atomic mass is 32.1. The van der Waals surface area contributed by atoms with E-state index in [0.29, 0.717) is 28.1 Å². The van der Waals surface area contributed by atoms with Crippen LogP contribution in [0.5, 0.6) is 0 Å². The number of thiol groups is 1. The highest BCUT2D eigenvalue weighted by Gasteiger charge is 2.33. The largest absolute Gasteiger partial charge is 0.398 e. The summed E-state index contributed by atoms with van der Waals surface area (Å²) in [5, 5.41) is 3.37. The number of hydrogen-bond donors (Lipinski definition) is 3. The highest BCUT2D eigenvalue weighted by molar-refractivity contribution is 7.80. The number of hydrogen-bond acceptors (Lipinski definition) is 5. The van der Waals surface area contributed by atoms with Crippen molar-refractivity contribution in [2.75, 3.05) is 11.1 Å². The summed E-state index contributed by atoms with van der Waals surface area (Å²) in [5.74, 6) is -0.424. The Bertz CT molecular complexity index is 1180. The minimum Gasteiger partial charge on any atom is -0.398 e. The third-order valence-corrected chi connectivity index (χ3v) is 5.99. The molecule has 1 aliphatic carbocycles. The SMILES string of the molecule is Cc1cc(C)c(Nc2ccc(N)c3c2C(=O)c2ccccc2C3=O)c(C)c1S. The molecule has 5 heteroatoms. The Morgan fingerprint density at radius 1 is 0.857 bits per heavy atom. The molecule has 0 heterocycles. The van der Waals surface area contributed by atoms with Gasteiger partial charge in [0.25, 0.3) is 0 Å². The van der Waals surface area contributed by atoms with E-state index < -0.39 is 0 Å². The third kappa shape index (κ3) is 2.62. The van der Waals surface area contributed by atoms with Gasteiger partial charge in [0.2, 0.25) is 0 Å². The fraction of sp³-hybridized carbons (Fsp3) is 0.130. The number of benzene rings is 3. The summed E-state index contributed by atoms with van der Waals surface area (Å²) in [6.45, 7) is 5.99. The second-order valence-corrected chi connectivity index (χ2v) is 7.59. The fourth-order valence-electron chi connectivity index (χ4n) is 3.85. The van der Waals surface area contributed by atoms with Crippen molar-refractivity contribution in [2.24, 2.45) is 0 Å². The second kappa shape index (κ2) is 6.53. The van der Waals surface area contributed by atoms with Crippen molar-refractivity contribution in [3.63, 3.8) is 0 Å². The lowest BCUT2D eigenvalue weighted by Crippen LogP contribution is -2.23. The molecule has 0 radical (unpaired) electrons. The maximum Gasteiger partial charge on any atom is 0.196 e. The zero-order valence-corrected chi connectivity index (χ0v) is 16.8. The number of aryl methyl sites for hydroxylation is 2. The van der Waals surface area contributed by atoms with Crippen LogP contribution in [0.4, 0.5) is 17.1 Å². The normalized spacial score (nSPS) is 12.6. The standard InChI is InChI=1S/C23H20N2O2S/c1-11-10-12(2)23(28)13(3)20(11)25-17-9-8-16(24)18-19(17)22(27)15-7-5-4-6-14(15)21(18)26/h4-10,25,28H,24H2,1-3H3. The van der Waals surface area contributed by atoms with Crippen LogP contribution in [0.15, 0.2) is 47.4 Å². The number of nitrogens with one attached hydrogen (secondary N) is 1. The number of nitrogens with two attached hydrogens (primary N) is 1.